The summed E-state index contributed by atoms with van der Waals surface area (Å²) in [5.74, 6) is 0. The Bertz CT molecular complexity index is 264. The Hall–Kier alpha value is -0.750. The second-order valence-corrected chi connectivity index (χ2v) is 2.48. The van der Waals surface area contributed by atoms with E-state index in [0.29, 0.717) is 0 Å². The summed E-state index contributed by atoms with van der Waals surface area (Å²) in [5, 5.41) is 0.856. The molecule has 0 aromatic rings. The second kappa shape index (κ2) is 1.61. The zero-order valence-corrected chi connectivity index (χ0v) is 5.52. The van der Waals surface area contributed by atoms with E-state index >= 15 is 0 Å². The molecule has 0 heterocycles. The number of fused-ring (bicyclic) bond motifs is 1. The van der Waals surface area contributed by atoms with E-state index in [4.69, 9.17) is 11.6 Å². The molecule has 0 aliphatic heterocycles. The van der Waals surface area contributed by atoms with Crippen LogP contribution in [0, 0.1) is 0 Å². The summed E-state index contributed by atoms with van der Waals surface area (Å²) in [5.41, 5.74) is 2.40. The van der Waals surface area contributed by atoms with Crippen LogP contribution in [0.5, 0.6) is 0 Å². The van der Waals surface area contributed by atoms with Crippen LogP contribution in [0.1, 0.15) is 0 Å². The fraction of sp³-hybridized carbons (Fsp3) is 0. The molecule has 0 radical (unpaired) electrons. The summed E-state index contributed by atoms with van der Waals surface area (Å²) in [6.07, 6.45) is 10.0. The van der Waals surface area contributed by atoms with Crippen LogP contribution in [0.25, 0.3) is 0 Å². The van der Waals surface area contributed by atoms with Crippen molar-refractivity contribution in [2.24, 2.45) is 0 Å². The molecule has 0 aromatic carbocycles. The van der Waals surface area contributed by atoms with E-state index < -0.39 is 0 Å². The topological polar surface area (TPSA) is 0 Å². The predicted molar refractivity (Wildman–Crippen MR) is 39.2 cm³/mol. The van der Waals surface area contributed by atoms with Crippen LogP contribution in [0.15, 0.2) is 46.6 Å². The summed E-state index contributed by atoms with van der Waals surface area (Å²) in [6, 6.07) is 0. The molecule has 2 rings (SSSR count). The molecule has 9 heavy (non-hydrogen) atoms. The van der Waals surface area contributed by atoms with Gasteiger partial charge in [-0.2, -0.15) is 0 Å². The molecule has 0 saturated heterocycles. The molecule has 0 fully saturated rings. The third-order valence-electron chi connectivity index (χ3n) is 1.52. The average Bonchev–Trinajstić information content (AvgIpc) is 2.35. The first-order valence-electron chi connectivity index (χ1n) is 2.84. The Balaban J connectivity index is 2.53. The normalized spacial score (nSPS) is 21.2. The summed E-state index contributed by atoms with van der Waals surface area (Å²) in [6.45, 7) is 0. The van der Waals surface area contributed by atoms with Crippen LogP contribution in [0.3, 0.4) is 0 Å². The largest absolute Gasteiger partial charge is 0.0837 e. The highest BCUT2D eigenvalue weighted by molar-refractivity contribution is 6.33. The van der Waals surface area contributed by atoms with Gasteiger partial charge < -0.3 is 0 Å². The fourth-order valence-electron chi connectivity index (χ4n) is 1.05. The van der Waals surface area contributed by atoms with Crippen molar-refractivity contribution in [1.29, 1.82) is 0 Å². The van der Waals surface area contributed by atoms with Gasteiger partial charge in [-0.25, -0.2) is 0 Å². The zero-order valence-electron chi connectivity index (χ0n) is 4.76. The first kappa shape index (κ1) is 5.07. The average molecular weight is 137 g/mol. The molecule has 0 unspecified atom stereocenters. The Labute approximate surface area is 58.8 Å². The molecule has 1 heteroatoms. The van der Waals surface area contributed by atoms with Gasteiger partial charge in [-0.3, -0.25) is 0 Å². The van der Waals surface area contributed by atoms with Crippen molar-refractivity contribution in [2.75, 3.05) is 0 Å². The second-order valence-electron chi connectivity index (χ2n) is 2.08. The lowest BCUT2D eigenvalue weighted by atomic mass is 10.2. The van der Waals surface area contributed by atoms with Crippen LogP contribution in [-0.2, 0) is 0 Å². The highest BCUT2D eigenvalue weighted by Crippen LogP contribution is 2.32. The van der Waals surface area contributed by atoms with Crippen LogP contribution in [-0.4, -0.2) is 0 Å². The van der Waals surface area contributed by atoms with E-state index in [1.165, 1.54) is 5.57 Å². The maximum Gasteiger partial charge on any atom is 0.0484 e. The predicted octanol–water partition coefficient (Wildman–Crippen LogP) is 2.55. The molecule has 0 N–H and O–H groups in total. The van der Waals surface area contributed by atoms with Crippen LogP contribution < -0.4 is 0 Å². The molecule has 0 amide bonds. The molecule has 0 nitrogen and oxygen atoms in total. The Kier molecular flexibility index (Phi) is 0.908. The maximum atomic E-state index is 5.81. The Morgan fingerprint density at radius 1 is 1.11 bits per heavy atom. The standard InChI is InChI=1S/C8H5Cl/c9-8-5-4-6-2-1-3-7(6)8/h1-5H. The quantitative estimate of drug-likeness (QED) is 0.480. The highest BCUT2D eigenvalue weighted by atomic mass is 35.5. The number of hydrogen-bond donors (Lipinski definition) is 0. The van der Waals surface area contributed by atoms with Crippen molar-refractivity contribution in [3.05, 3.63) is 46.6 Å². The van der Waals surface area contributed by atoms with Crippen molar-refractivity contribution < 1.29 is 0 Å². The third-order valence-corrected chi connectivity index (χ3v) is 1.85. The minimum atomic E-state index is 0.856. The smallest absolute Gasteiger partial charge is 0.0484 e. The van der Waals surface area contributed by atoms with Gasteiger partial charge in [0.15, 0.2) is 0 Å². The highest BCUT2D eigenvalue weighted by Gasteiger charge is 2.12. The molecule has 2 aliphatic carbocycles. The summed E-state index contributed by atoms with van der Waals surface area (Å²) >= 11 is 5.81. The maximum absolute atomic E-state index is 5.81. The van der Waals surface area contributed by atoms with Crippen molar-refractivity contribution in [1.82, 2.24) is 0 Å². The lowest BCUT2D eigenvalue weighted by molar-refractivity contribution is 1.66. The van der Waals surface area contributed by atoms with E-state index in [1.807, 2.05) is 24.3 Å². The molecule has 0 bridgehead atoms. The molecular weight excluding hydrogens is 132 g/mol. The van der Waals surface area contributed by atoms with Gasteiger partial charge in [0.25, 0.3) is 0 Å². The van der Waals surface area contributed by atoms with Gasteiger partial charge >= 0.3 is 0 Å². The van der Waals surface area contributed by atoms with Crippen LogP contribution >= 0.6 is 11.6 Å². The number of allylic oxidation sites excluding steroid dienone is 8. The molecule has 2 aliphatic rings. The summed E-state index contributed by atoms with van der Waals surface area (Å²) in [4.78, 5) is 0. The van der Waals surface area contributed by atoms with Gasteiger partial charge in [0, 0.05) is 10.6 Å². The van der Waals surface area contributed by atoms with E-state index in [9.17, 15) is 0 Å². The first-order valence-corrected chi connectivity index (χ1v) is 3.22. The number of hydrogen-bond acceptors (Lipinski definition) is 0. The van der Waals surface area contributed by atoms with Crippen molar-refractivity contribution in [2.45, 2.75) is 0 Å². The molecular formula is C8H5Cl. The molecule has 44 valence electrons. The van der Waals surface area contributed by atoms with Gasteiger partial charge in [-0.15, -0.1) is 0 Å². The molecule has 0 spiro atoms. The monoisotopic (exact) mass is 136 g/mol. The summed E-state index contributed by atoms with van der Waals surface area (Å²) < 4.78 is 0. The van der Waals surface area contributed by atoms with Crippen molar-refractivity contribution in [3.8, 4) is 0 Å². The van der Waals surface area contributed by atoms with Gasteiger partial charge in [0.1, 0.15) is 0 Å². The number of rotatable bonds is 0. The van der Waals surface area contributed by atoms with Gasteiger partial charge in [-0.05, 0) is 11.6 Å². The van der Waals surface area contributed by atoms with E-state index in [0.717, 1.165) is 10.6 Å². The minimum absolute atomic E-state index is 0.856. The van der Waals surface area contributed by atoms with Gasteiger partial charge in [0.05, 0.1) is 0 Å². The lowest BCUT2D eigenvalue weighted by Crippen LogP contribution is -1.73. The van der Waals surface area contributed by atoms with Crippen molar-refractivity contribution >= 4 is 11.6 Å². The first-order chi connectivity index (χ1) is 4.38. The molecule has 0 saturated carbocycles. The van der Waals surface area contributed by atoms with E-state index in [-0.39, 0.29) is 0 Å². The van der Waals surface area contributed by atoms with Crippen LogP contribution in [0.2, 0.25) is 0 Å². The Morgan fingerprint density at radius 2 is 2.00 bits per heavy atom. The fourth-order valence-corrected chi connectivity index (χ4v) is 1.28. The molecule has 0 aromatic heterocycles. The van der Waals surface area contributed by atoms with E-state index in [1.54, 1.807) is 0 Å². The van der Waals surface area contributed by atoms with Gasteiger partial charge in [-0.1, -0.05) is 35.9 Å². The SMILES string of the molecule is ClC1=CC=C2C=CC=C12. The van der Waals surface area contributed by atoms with E-state index in [2.05, 4.69) is 6.08 Å². The third kappa shape index (κ3) is 0.600. The lowest BCUT2D eigenvalue weighted by Gasteiger charge is -1.92. The summed E-state index contributed by atoms with van der Waals surface area (Å²) in [7, 11) is 0. The zero-order chi connectivity index (χ0) is 6.27. The minimum Gasteiger partial charge on any atom is -0.0837 e. The Morgan fingerprint density at radius 3 is 2.78 bits per heavy atom. The molecule has 0 atom stereocenters. The van der Waals surface area contributed by atoms with Crippen LogP contribution in [0.4, 0.5) is 0 Å². The van der Waals surface area contributed by atoms with Gasteiger partial charge in [0.2, 0.25) is 0 Å². The van der Waals surface area contributed by atoms with Crippen molar-refractivity contribution in [3.63, 3.8) is 0 Å². The number of halogens is 1.